The van der Waals surface area contributed by atoms with E-state index in [-0.39, 0.29) is 6.10 Å². The Kier molecular flexibility index (Phi) is 6.59. The Hall–Kier alpha value is -3.24. The maximum atomic E-state index is 10.2. The van der Waals surface area contributed by atoms with Gasteiger partial charge in [-0.25, -0.2) is 14.5 Å². The van der Waals surface area contributed by atoms with Crippen LogP contribution in [0.5, 0.6) is 5.75 Å². The van der Waals surface area contributed by atoms with Crippen LogP contribution in [0.1, 0.15) is 30.2 Å². The maximum Gasteiger partial charge on any atom is 0.209 e. The number of amides is 1. The van der Waals surface area contributed by atoms with Gasteiger partial charge in [0.2, 0.25) is 6.41 Å². The summed E-state index contributed by atoms with van der Waals surface area (Å²) in [6.45, 7) is 4.13. The number of hydrogen-bond donors (Lipinski definition) is 1. The molecule has 0 spiro atoms. The van der Waals surface area contributed by atoms with Crippen LogP contribution in [-0.2, 0) is 22.4 Å². The second-order valence-corrected chi connectivity index (χ2v) is 9.56. The second-order valence-electron chi connectivity index (χ2n) is 8.48. The zero-order valence-electron chi connectivity index (χ0n) is 19.4. The van der Waals surface area contributed by atoms with E-state index in [0.29, 0.717) is 6.61 Å². The Labute approximate surface area is 201 Å². The fraction of sp³-hybridized carbons (Fsp3) is 0.417. The summed E-state index contributed by atoms with van der Waals surface area (Å²) in [4.78, 5) is 23.5. The van der Waals surface area contributed by atoms with Gasteiger partial charge in [-0.05, 0) is 50.3 Å². The zero-order chi connectivity index (χ0) is 23.5. The molecule has 6 rings (SSSR count). The van der Waals surface area contributed by atoms with Gasteiger partial charge in [0.15, 0.2) is 5.75 Å². The van der Waals surface area contributed by atoms with Gasteiger partial charge in [-0.3, -0.25) is 4.79 Å². The molecule has 1 amide bonds. The summed E-state index contributed by atoms with van der Waals surface area (Å²) in [6.07, 6.45) is 11.1. The lowest BCUT2D eigenvalue weighted by atomic mass is 9.97. The van der Waals surface area contributed by atoms with E-state index >= 15 is 0 Å². The van der Waals surface area contributed by atoms with Crippen molar-refractivity contribution in [2.75, 3.05) is 32.1 Å². The molecule has 10 heteroatoms. The van der Waals surface area contributed by atoms with Crippen molar-refractivity contribution in [3.63, 3.8) is 0 Å². The van der Waals surface area contributed by atoms with Crippen molar-refractivity contribution >= 4 is 45.0 Å². The largest absolute Gasteiger partial charge is 0.493 e. The third-order valence-electron chi connectivity index (χ3n) is 6.14. The number of anilines is 2. The van der Waals surface area contributed by atoms with Crippen LogP contribution in [-0.4, -0.2) is 63.8 Å². The van der Waals surface area contributed by atoms with E-state index in [1.807, 2.05) is 25.3 Å². The molecule has 178 valence electrons. The van der Waals surface area contributed by atoms with Crippen LogP contribution < -0.4 is 10.1 Å². The number of fused-ring (bicyclic) bond motifs is 4. The van der Waals surface area contributed by atoms with E-state index in [4.69, 9.17) is 9.47 Å². The SMILES string of the molecule is CC1CN(C=O)CCO1.COc1cn2nccc2cc1Nc1ncnc2sc3c(c12)CCCC3. The number of hydrogen-bond acceptors (Lipinski definition) is 8. The number of carbonyl (C=O) groups is 1. The van der Waals surface area contributed by atoms with E-state index in [9.17, 15) is 4.79 Å². The van der Waals surface area contributed by atoms with E-state index in [0.717, 1.165) is 65.3 Å². The highest BCUT2D eigenvalue weighted by Gasteiger charge is 2.20. The Morgan fingerprint density at radius 3 is 2.97 bits per heavy atom. The van der Waals surface area contributed by atoms with E-state index in [1.54, 1.807) is 40.4 Å². The summed E-state index contributed by atoms with van der Waals surface area (Å²) in [5, 5.41) is 8.90. The van der Waals surface area contributed by atoms with Crippen LogP contribution in [0.15, 0.2) is 30.9 Å². The van der Waals surface area contributed by atoms with E-state index in [1.165, 1.54) is 23.3 Å². The molecule has 1 aliphatic heterocycles. The fourth-order valence-corrected chi connectivity index (χ4v) is 5.69. The summed E-state index contributed by atoms with van der Waals surface area (Å²) in [5.41, 5.74) is 3.30. The highest BCUT2D eigenvalue weighted by molar-refractivity contribution is 7.19. The van der Waals surface area contributed by atoms with Crippen molar-refractivity contribution in [2.45, 2.75) is 38.7 Å². The van der Waals surface area contributed by atoms with Crippen molar-refractivity contribution in [1.82, 2.24) is 24.5 Å². The molecule has 34 heavy (non-hydrogen) atoms. The predicted molar refractivity (Wildman–Crippen MR) is 132 cm³/mol. The second kappa shape index (κ2) is 9.94. The van der Waals surface area contributed by atoms with Gasteiger partial charge in [-0.15, -0.1) is 11.3 Å². The van der Waals surface area contributed by atoms with Crippen LogP contribution in [0.3, 0.4) is 0 Å². The van der Waals surface area contributed by atoms with Crippen LogP contribution >= 0.6 is 11.3 Å². The molecule has 1 fully saturated rings. The van der Waals surface area contributed by atoms with Crippen molar-refractivity contribution in [1.29, 1.82) is 0 Å². The molecule has 0 saturated carbocycles. The van der Waals surface area contributed by atoms with Gasteiger partial charge in [0.25, 0.3) is 0 Å². The number of carbonyl (C=O) groups excluding carboxylic acids is 1. The first kappa shape index (κ1) is 22.5. The third-order valence-corrected chi connectivity index (χ3v) is 7.34. The quantitative estimate of drug-likeness (QED) is 0.444. The molecule has 0 bridgehead atoms. The van der Waals surface area contributed by atoms with Gasteiger partial charge < -0.3 is 19.7 Å². The number of nitrogens with zero attached hydrogens (tertiary/aromatic N) is 5. The van der Waals surface area contributed by atoms with Gasteiger partial charge in [-0.1, -0.05) is 0 Å². The number of morpholine rings is 1. The number of thiophene rings is 1. The summed E-state index contributed by atoms with van der Waals surface area (Å²) in [6, 6.07) is 3.99. The van der Waals surface area contributed by atoms with E-state index < -0.39 is 0 Å². The van der Waals surface area contributed by atoms with Crippen molar-refractivity contribution in [3.05, 3.63) is 41.3 Å². The number of rotatable bonds is 4. The van der Waals surface area contributed by atoms with Gasteiger partial charge >= 0.3 is 0 Å². The number of aromatic nitrogens is 4. The Morgan fingerprint density at radius 1 is 1.29 bits per heavy atom. The maximum absolute atomic E-state index is 10.2. The average Bonchev–Trinajstić information content (AvgIpc) is 3.48. The summed E-state index contributed by atoms with van der Waals surface area (Å²) in [7, 11) is 1.66. The minimum Gasteiger partial charge on any atom is -0.493 e. The average molecular weight is 481 g/mol. The van der Waals surface area contributed by atoms with Crippen molar-refractivity contribution in [3.8, 4) is 5.75 Å². The lowest BCUT2D eigenvalue weighted by Gasteiger charge is -2.27. The molecule has 4 aromatic rings. The van der Waals surface area contributed by atoms with Crippen LogP contribution in [0.2, 0.25) is 0 Å². The first-order valence-electron chi connectivity index (χ1n) is 11.5. The highest BCUT2D eigenvalue weighted by atomic mass is 32.1. The first-order valence-corrected chi connectivity index (χ1v) is 12.3. The molecule has 5 heterocycles. The molecule has 1 aliphatic carbocycles. The Morgan fingerprint density at radius 2 is 2.18 bits per heavy atom. The molecule has 1 unspecified atom stereocenters. The molecule has 4 aromatic heterocycles. The molecule has 1 N–H and O–H groups in total. The topological polar surface area (TPSA) is 93.9 Å². The van der Waals surface area contributed by atoms with Crippen LogP contribution in [0.25, 0.3) is 15.7 Å². The molecule has 0 radical (unpaired) electrons. The molecule has 1 saturated heterocycles. The smallest absolute Gasteiger partial charge is 0.209 e. The Bertz CT molecular complexity index is 1300. The monoisotopic (exact) mass is 480 g/mol. The lowest BCUT2D eigenvalue weighted by Crippen LogP contribution is -2.39. The number of ether oxygens (including phenoxy) is 2. The summed E-state index contributed by atoms with van der Waals surface area (Å²) in [5.74, 6) is 1.58. The number of nitrogens with one attached hydrogen (secondary N) is 1. The molecule has 9 nitrogen and oxygen atoms in total. The molecule has 0 aromatic carbocycles. The Balaban J connectivity index is 0.000000227. The first-order chi connectivity index (χ1) is 16.7. The van der Waals surface area contributed by atoms with Crippen molar-refractivity contribution < 1.29 is 14.3 Å². The number of methoxy groups -OCH3 is 1. The third kappa shape index (κ3) is 4.55. The molecular formula is C24H28N6O3S. The van der Waals surface area contributed by atoms with Gasteiger partial charge in [0.1, 0.15) is 17.0 Å². The minimum atomic E-state index is 0.212. The van der Waals surface area contributed by atoms with Gasteiger partial charge in [-0.2, -0.15) is 5.10 Å². The van der Waals surface area contributed by atoms with Gasteiger partial charge in [0, 0.05) is 24.2 Å². The van der Waals surface area contributed by atoms with Crippen LogP contribution in [0.4, 0.5) is 11.5 Å². The number of pyridine rings is 1. The summed E-state index contributed by atoms with van der Waals surface area (Å²) >= 11 is 1.80. The summed E-state index contributed by atoms with van der Waals surface area (Å²) < 4.78 is 12.5. The minimum absolute atomic E-state index is 0.212. The lowest BCUT2D eigenvalue weighted by molar-refractivity contribution is -0.124. The van der Waals surface area contributed by atoms with Crippen molar-refractivity contribution in [2.24, 2.45) is 0 Å². The van der Waals surface area contributed by atoms with Gasteiger partial charge in [0.05, 0.1) is 42.6 Å². The normalized spacial score (nSPS) is 17.7. The molecule has 1 atom stereocenters. The standard InChI is InChI=1S/C18H17N5OS.C6H11NO2/c1-24-14-9-23-11(6-7-21-23)8-13(14)22-17-16-12-4-2-3-5-15(12)25-18(16)20-10-19-17;1-6-4-7(5-8)2-3-9-6/h6-10H,2-5H2,1H3,(H,19,20,22);5-6H,2-4H2,1H3. The highest BCUT2D eigenvalue weighted by Crippen LogP contribution is 2.39. The molecule has 2 aliphatic rings. The zero-order valence-corrected chi connectivity index (χ0v) is 20.2. The number of aryl methyl sites for hydroxylation is 2. The molecular weight excluding hydrogens is 452 g/mol. The van der Waals surface area contributed by atoms with Crippen LogP contribution in [0, 0.1) is 0 Å². The van der Waals surface area contributed by atoms with E-state index in [2.05, 4.69) is 20.4 Å². The predicted octanol–water partition coefficient (Wildman–Crippen LogP) is 3.83. The fourth-order valence-electron chi connectivity index (χ4n) is 4.46.